The third-order valence-electron chi connectivity index (χ3n) is 3.64. The quantitative estimate of drug-likeness (QED) is 0.737. The lowest BCUT2D eigenvalue weighted by atomic mass is 10.1. The number of carbonyl (C=O) groups excluding carboxylic acids is 1. The van der Waals surface area contributed by atoms with Gasteiger partial charge in [-0.3, -0.25) is 9.36 Å². The second-order valence-corrected chi connectivity index (χ2v) is 5.48. The van der Waals surface area contributed by atoms with Crippen molar-refractivity contribution >= 4 is 16.9 Å². The Morgan fingerprint density at radius 3 is 2.41 bits per heavy atom. The first-order valence-electron chi connectivity index (χ1n) is 7.28. The molecular formula is C18H18N2O2. The van der Waals surface area contributed by atoms with Gasteiger partial charge in [0.25, 0.3) is 5.91 Å². The molecule has 0 saturated heterocycles. The van der Waals surface area contributed by atoms with Gasteiger partial charge in [-0.05, 0) is 36.4 Å². The molecule has 112 valence electrons. The molecule has 0 saturated carbocycles. The number of para-hydroxylation sites is 2. The first kappa shape index (κ1) is 14.3. The molecule has 1 aromatic heterocycles. The molecule has 0 atom stereocenters. The monoisotopic (exact) mass is 294 g/mol. The maximum absolute atomic E-state index is 12.9. The van der Waals surface area contributed by atoms with E-state index in [0.717, 1.165) is 22.6 Å². The van der Waals surface area contributed by atoms with Gasteiger partial charge in [0.2, 0.25) is 0 Å². The van der Waals surface area contributed by atoms with Crippen LogP contribution in [0.25, 0.3) is 11.0 Å². The predicted octanol–water partition coefficient (Wildman–Crippen LogP) is 3.86. The molecule has 3 rings (SSSR count). The molecule has 0 N–H and O–H groups in total. The standard InChI is InChI=1S/C18H18N2O2/c1-12(2)17-19-15-6-4-5-7-16(15)20(17)18(21)13-8-10-14(22-3)11-9-13/h4-12H,1-3H3. The Bertz CT molecular complexity index is 817. The third kappa shape index (κ3) is 2.37. The summed E-state index contributed by atoms with van der Waals surface area (Å²) in [7, 11) is 1.61. The van der Waals surface area contributed by atoms with Crippen LogP contribution in [0.5, 0.6) is 5.75 Å². The highest BCUT2D eigenvalue weighted by Crippen LogP contribution is 2.23. The molecule has 0 spiro atoms. The van der Waals surface area contributed by atoms with Crippen LogP contribution in [0.4, 0.5) is 0 Å². The van der Waals surface area contributed by atoms with Crippen LogP contribution in [0.1, 0.15) is 35.9 Å². The SMILES string of the molecule is COc1ccc(C(=O)n2c(C(C)C)nc3ccccc32)cc1. The van der Waals surface area contributed by atoms with Crippen molar-refractivity contribution in [2.24, 2.45) is 0 Å². The van der Waals surface area contributed by atoms with Crippen molar-refractivity contribution in [3.05, 3.63) is 59.9 Å². The number of nitrogens with zero attached hydrogens (tertiary/aromatic N) is 2. The molecule has 2 aromatic carbocycles. The first-order valence-corrected chi connectivity index (χ1v) is 7.28. The zero-order valence-electron chi connectivity index (χ0n) is 12.9. The van der Waals surface area contributed by atoms with Gasteiger partial charge in [-0.1, -0.05) is 26.0 Å². The van der Waals surface area contributed by atoms with E-state index in [9.17, 15) is 4.79 Å². The van der Waals surface area contributed by atoms with Crippen molar-refractivity contribution < 1.29 is 9.53 Å². The van der Waals surface area contributed by atoms with Gasteiger partial charge in [-0.15, -0.1) is 0 Å². The van der Waals surface area contributed by atoms with Gasteiger partial charge in [0.15, 0.2) is 0 Å². The Morgan fingerprint density at radius 1 is 1.09 bits per heavy atom. The third-order valence-corrected chi connectivity index (χ3v) is 3.64. The van der Waals surface area contributed by atoms with E-state index in [0.29, 0.717) is 5.56 Å². The predicted molar refractivity (Wildman–Crippen MR) is 86.5 cm³/mol. The molecular weight excluding hydrogens is 276 g/mol. The van der Waals surface area contributed by atoms with Crippen LogP contribution >= 0.6 is 0 Å². The molecule has 0 aliphatic rings. The molecule has 0 fully saturated rings. The Hall–Kier alpha value is -2.62. The lowest BCUT2D eigenvalue weighted by Crippen LogP contribution is -2.16. The molecule has 3 aromatic rings. The lowest BCUT2D eigenvalue weighted by molar-refractivity contribution is 0.0960. The number of hydrogen-bond donors (Lipinski definition) is 0. The van der Waals surface area contributed by atoms with Crippen molar-refractivity contribution in [1.29, 1.82) is 0 Å². The minimum atomic E-state index is -0.0694. The van der Waals surface area contributed by atoms with E-state index >= 15 is 0 Å². The maximum atomic E-state index is 12.9. The Labute approximate surface area is 129 Å². The second kappa shape index (κ2) is 5.64. The van der Waals surface area contributed by atoms with Gasteiger partial charge in [0.1, 0.15) is 11.6 Å². The van der Waals surface area contributed by atoms with Crippen molar-refractivity contribution in [3.63, 3.8) is 0 Å². The molecule has 1 heterocycles. The van der Waals surface area contributed by atoms with Crippen LogP contribution in [-0.2, 0) is 0 Å². The van der Waals surface area contributed by atoms with E-state index in [2.05, 4.69) is 4.98 Å². The van der Waals surface area contributed by atoms with Crippen LogP contribution < -0.4 is 4.74 Å². The number of benzene rings is 2. The van der Waals surface area contributed by atoms with Crippen molar-refractivity contribution in [3.8, 4) is 5.75 Å². The summed E-state index contributed by atoms with van der Waals surface area (Å²) in [5, 5.41) is 0. The molecule has 0 aliphatic heterocycles. The van der Waals surface area contributed by atoms with E-state index in [4.69, 9.17) is 4.74 Å². The second-order valence-electron chi connectivity index (χ2n) is 5.48. The van der Waals surface area contributed by atoms with Gasteiger partial charge in [-0.2, -0.15) is 0 Å². The highest BCUT2D eigenvalue weighted by atomic mass is 16.5. The van der Waals surface area contributed by atoms with Gasteiger partial charge in [0, 0.05) is 11.5 Å². The zero-order valence-corrected chi connectivity index (χ0v) is 12.9. The zero-order chi connectivity index (χ0) is 15.7. The summed E-state index contributed by atoms with van der Waals surface area (Å²) in [6.45, 7) is 4.08. The Morgan fingerprint density at radius 2 is 1.77 bits per heavy atom. The first-order chi connectivity index (χ1) is 10.6. The van der Waals surface area contributed by atoms with E-state index in [1.165, 1.54) is 0 Å². The van der Waals surface area contributed by atoms with Crippen LogP contribution in [0.3, 0.4) is 0 Å². The molecule has 0 radical (unpaired) electrons. The number of methoxy groups -OCH3 is 1. The van der Waals surface area contributed by atoms with E-state index in [-0.39, 0.29) is 11.8 Å². The average Bonchev–Trinajstić information content (AvgIpc) is 2.94. The van der Waals surface area contributed by atoms with Gasteiger partial charge < -0.3 is 4.74 Å². The summed E-state index contributed by atoms with van der Waals surface area (Å²) in [5.41, 5.74) is 2.30. The Balaban J connectivity index is 2.14. The van der Waals surface area contributed by atoms with Gasteiger partial charge in [-0.25, -0.2) is 4.98 Å². The van der Waals surface area contributed by atoms with Crippen LogP contribution in [-0.4, -0.2) is 22.6 Å². The highest BCUT2D eigenvalue weighted by Gasteiger charge is 2.19. The van der Waals surface area contributed by atoms with Crippen LogP contribution in [0, 0.1) is 0 Å². The lowest BCUT2D eigenvalue weighted by Gasteiger charge is -2.10. The summed E-state index contributed by atoms with van der Waals surface area (Å²) in [5.74, 6) is 1.60. The Kier molecular flexibility index (Phi) is 3.67. The summed E-state index contributed by atoms with van der Waals surface area (Å²) >= 11 is 0. The minimum absolute atomic E-state index is 0.0694. The number of hydrogen-bond acceptors (Lipinski definition) is 3. The summed E-state index contributed by atoms with van der Waals surface area (Å²) in [6.07, 6.45) is 0. The molecule has 4 heteroatoms. The normalized spacial score (nSPS) is 11.1. The number of carbonyl (C=O) groups is 1. The number of rotatable bonds is 3. The molecule has 4 nitrogen and oxygen atoms in total. The molecule has 0 amide bonds. The number of imidazole rings is 1. The van der Waals surface area contributed by atoms with E-state index in [1.807, 2.05) is 38.1 Å². The smallest absolute Gasteiger partial charge is 0.263 e. The minimum Gasteiger partial charge on any atom is -0.497 e. The van der Waals surface area contributed by atoms with Crippen LogP contribution in [0.15, 0.2) is 48.5 Å². The highest BCUT2D eigenvalue weighted by molar-refractivity contribution is 6.01. The summed E-state index contributed by atoms with van der Waals surface area (Å²) in [6, 6.07) is 14.9. The number of fused-ring (bicyclic) bond motifs is 1. The van der Waals surface area contributed by atoms with E-state index in [1.54, 1.807) is 35.9 Å². The summed E-state index contributed by atoms with van der Waals surface area (Å²) < 4.78 is 6.85. The van der Waals surface area contributed by atoms with Crippen LogP contribution in [0.2, 0.25) is 0 Å². The average molecular weight is 294 g/mol. The van der Waals surface area contributed by atoms with Gasteiger partial charge in [0.05, 0.1) is 18.1 Å². The van der Waals surface area contributed by atoms with Crippen molar-refractivity contribution in [2.45, 2.75) is 19.8 Å². The molecule has 22 heavy (non-hydrogen) atoms. The topological polar surface area (TPSA) is 44.1 Å². The number of aromatic nitrogens is 2. The summed E-state index contributed by atoms with van der Waals surface area (Å²) in [4.78, 5) is 17.5. The fourth-order valence-corrected chi connectivity index (χ4v) is 2.51. The maximum Gasteiger partial charge on any atom is 0.263 e. The van der Waals surface area contributed by atoms with Gasteiger partial charge >= 0.3 is 0 Å². The molecule has 0 bridgehead atoms. The fourth-order valence-electron chi connectivity index (χ4n) is 2.51. The van der Waals surface area contributed by atoms with E-state index < -0.39 is 0 Å². The molecule has 0 aliphatic carbocycles. The fraction of sp³-hybridized carbons (Fsp3) is 0.222. The van der Waals surface area contributed by atoms with Crippen molar-refractivity contribution in [1.82, 2.24) is 9.55 Å². The van der Waals surface area contributed by atoms with Crippen molar-refractivity contribution in [2.75, 3.05) is 7.11 Å². The molecule has 0 unspecified atom stereocenters. The largest absolute Gasteiger partial charge is 0.497 e. The number of ether oxygens (including phenoxy) is 1.